The molecular weight excluding hydrogens is 168 g/mol. The van der Waals surface area contributed by atoms with Crippen molar-refractivity contribution in [2.45, 2.75) is 6.42 Å². The van der Waals surface area contributed by atoms with Gasteiger partial charge in [-0.1, -0.05) is 0 Å². The van der Waals surface area contributed by atoms with Gasteiger partial charge >= 0.3 is 0 Å². The first-order valence-electron chi connectivity index (χ1n) is 4.52. The molecule has 1 rings (SSSR count). The van der Waals surface area contributed by atoms with Gasteiger partial charge in [-0.3, -0.25) is 9.59 Å². The Kier molecular flexibility index (Phi) is 3.42. The van der Waals surface area contributed by atoms with E-state index < -0.39 is 5.91 Å². The van der Waals surface area contributed by atoms with Crippen LogP contribution < -0.4 is 0 Å². The lowest BCUT2D eigenvalue weighted by molar-refractivity contribution is -0.138. The smallest absolute Gasteiger partial charge is 0.286 e. The molecule has 0 aliphatic carbocycles. The fourth-order valence-corrected chi connectivity index (χ4v) is 1.74. The maximum atomic E-state index is 10.9. The van der Waals surface area contributed by atoms with E-state index in [4.69, 9.17) is 0 Å². The molecule has 4 nitrogen and oxygen atoms in total. The van der Waals surface area contributed by atoms with E-state index in [0.717, 1.165) is 19.5 Å². The summed E-state index contributed by atoms with van der Waals surface area (Å²) in [4.78, 5) is 24.8. The third kappa shape index (κ3) is 2.81. The van der Waals surface area contributed by atoms with Crippen LogP contribution in [0.5, 0.6) is 0 Å². The maximum Gasteiger partial charge on any atom is 0.286 e. The van der Waals surface area contributed by atoms with E-state index in [0.29, 0.717) is 18.7 Å². The summed E-state index contributed by atoms with van der Waals surface area (Å²) in [6.45, 7) is 2.81. The van der Waals surface area contributed by atoms with Crippen LogP contribution in [0, 0.1) is 5.92 Å². The monoisotopic (exact) mass is 184 g/mol. The molecule has 0 bridgehead atoms. The van der Waals surface area contributed by atoms with Crippen molar-refractivity contribution < 1.29 is 9.59 Å². The molecule has 4 heteroatoms. The minimum absolute atomic E-state index is 0.374. The Morgan fingerprint density at radius 2 is 2.38 bits per heavy atom. The Morgan fingerprint density at radius 3 is 2.85 bits per heavy atom. The SMILES string of the molecule is CN1CCC(CN(C)C(=O)C=O)C1. The number of likely N-dealkylation sites (N-methyl/N-ethyl adjacent to an activating group) is 1. The highest BCUT2D eigenvalue weighted by atomic mass is 16.2. The number of amides is 1. The second-order valence-corrected chi connectivity index (χ2v) is 3.75. The average molecular weight is 184 g/mol. The molecule has 0 aromatic carbocycles. The second-order valence-electron chi connectivity index (χ2n) is 3.75. The lowest BCUT2D eigenvalue weighted by Crippen LogP contribution is -2.33. The number of hydrogen-bond donors (Lipinski definition) is 0. The lowest BCUT2D eigenvalue weighted by atomic mass is 10.1. The van der Waals surface area contributed by atoms with Crippen LogP contribution in [0.3, 0.4) is 0 Å². The molecule has 1 amide bonds. The first kappa shape index (κ1) is 10.2. The van der Waals surface area contributed by atoms with Crippen molar-refractivity contribution in [3.05, 3.63) is 0 Å². The summed E-state index contributed by atoms with van der Waals surface area (Å²) >= 11 is 0. The summed E-state index contributed by atoms with van der Waals surface area (Å²) in [7, 11) is 3.75. The summed E-state index contributed by atoms with van der Waals surface area (Å²) in [5.74, 6) is 0.105. The largest absolute Gasteiger partial charge is 0.339 e. The van der Waals surface area contributed by atoms with Crippen LogP contribution in [-0.4, -0.2) is 55.7 Å². The highest BCUT2D eigenvalue weighted by Gasteiger charge is 2.22. The topological polar surface area (TPSA) is 40.6 Å². The third-order valence-electron chi connectivity index (χ3n) is 2.50. The predicted octanol–water partition coefficient (Wildman–Crippen LogP) is -0.405. The van der Waals surface area contributed by atoms with Crippen LogP contribution in [0.25, 0.3) is 0 Å². The van der Waals surface area contributed by atoms with Crippen molar-refractivity contribution in [1.29, 1.82) is 0 Å². The van der Waals surface area contributed by atoms with Crippen LogP contribution in [0.15, 0.2) is 0 Å². The van der Waals surface area contributed by atoms with Gasteiger partial charge in [-0.15, -0.1) is 0 Å². The van der Waals surface area contributed by atoms with Gasteiger partial charge in [-0.25, -0.2) is 0 Å². The third-order valence-corrected chi connectivity index (χ3v) is 2.50. The van der Waals surface area contributed by atoms with E-state index >= 15 is 0 Å². The maximum absolute atomic E-state index is 10.9. The zero-order valence-corrected chi connectivity index (χ0v) is 8.19. The van der Waals surface area contributed by atoms with Crippen molar-refractivity contribution >= 4 is 12.2 Å². The summed E-state index contributed by atoms with van der Waals surface area (Å²) in [6.07, 6.45) is 1.49. The number of rotatable bonds is 3. The van der Waals surface area contributed by atoms with Gasteiger partial charge in [0.25, 0.3) is 5.91 Å². The molecule has 1 saturated heterocycles. The molecular formula is C9H16N2O2. The molecule has 1 unspecified atom stereocenters. The normalized spacial score (nSPS) is 23.1. The molecule has 1 aliphatic rings. The van der Waals surface area contributed by atoms with E-state index in [2.05, 4.69) is 11.9 Å². The summed E-state index contributed by atoms with van der Waals surface area (Å²) in [5.41, 5.74) is 0. The van der Waals surface area contributed by atoms with Crippen molar-refractivity contribution in [3.63, 3.8) is 0 Å². The first-order valence-corrected chi connectivity index (χ1v) is 4.52. The highest BCUT2D eigenvalue weighted by molar-refractivity contribution is 6.23. The minimum Gasteiger partial charge on any atom is -0.339 e. The summed E-state index contributed by atoms with van der Waals surface area (Å²) in [5, 5.41) is 0. The van der Waals surface area contributed by atoms with Crippen molar-refractivity contribution in [3.8, 4) is 0 Å². The molecule has 0 N–H and O–H groups in total. The van der Waals surface area contributed by atoms with Gasteiger partial charge in [-0.05, 0) is 25.9 Å². The molecule has 0 aromatic rings. The van der Waals surface area contributed by atoms with Gasteiger partial charge in [0.2, 0.25) is 6.29 Å². The molecule has 1 atom stereocenters. The number of carbonyl (C=O) groups is 2. The molecule has 0 spiro atoms. The predicted molar refractivity (Wildman–Crippen MR) is 49.3 cm³/mol. The van der Waals surface area contributed by atoms with E-state index in [9.17, 15) is 9.59 Å². The van der Waals surface area contributed by atoms with Gasteiger partial charge in [0.05, 0.1) is 0 Å². The fraction of sp³-hybridized carbons (Fsp3) is 0.778. The second kappa shape index (κ2) is 4.37. The highest BCUT2D eigenvalue weighted by Crippen LogP contribution is 2.14. The number of carbonyl (C=O) groups excluding carboxylic acids is 2. The quantitative estimate of drug-likeness (QED) is 0.442. The first-order chi connectivity index (χ1) is 6.13. The van der Waals surface area contributed by atoms with E-state index in [1.165, 1.54) is 4.90 Å². The molecule has 1 heterocycles. The molecule has 0 aromatic heterocycles. The number of likely N-dealkylation sites (tertiary alicyclic amines) is 1. The van der Waals surface area contributed by atoms with Crippen molar-refractivity contribution in [2.24, 2.45) is 5.92 Å². The van der Waals surface area contributed by atoms with Crippen LogP contribution in [0.4, 0.5) is 0 Å². The van der Waals surface area contributed by atoms with E-state index in [-0.39, 0.29) is 0 Å². The Labute approximate surface area is 78.5 Å². The van der Waals surface area contributed by atoms with Gasteiger partial charge in [0.15, 0.2) is 0 Å². The van der Waals surface area contributed by atoms with Crippen LogP contribution in [0.1, 0.15) is 6.42 Å². The molecule has 0 radical (unpaired) electrons. The van der Waals surface area contributed by atoms with E-state index in [1.54, 1.807) is 7.05 Å². The number of aldehydes is 1. The van der Waals surface area contributed by atoms with Gasteiger partial charge in [-0.2, -0.15) is 0 Å². The standard InChI is InChI=1S/C9H16N2O2/c1-10-4-3-8(5-10)6-11(2)9(13)7-12/h7-8H,3-6H2,1-2H3. The summed E-state index contributed by atoms with van der Waals surface area (Å²) in [6, 6.07) is 0. The fourth-order valence-electron chi connectivity index (χ4n) is 1.74. The van der Waals surface area contributed by atoms with Crippen LogP contribution in [0.2, 0.25) is 0 Å². The molecule has 1 aliphatic heterocycles. The number of nitrogens with zero attached hydrogens (tertiary/aromatic N) is 2. The van der Waals surface area contributed by atoms with Crippen LogP contribution in [-0.2, 0) is 9.59 Å². The van der Waals surface area contributed by atoms with E-state index in [1.807, 2.05) is 0 Å². The molecule has 1 fully saturated rings. The molecule has 0 saturated carbocycles. The van der Waals surface area contributed by atoms with Crippen molar-refractivity contribution in [2.75, 3.05) is 33.7 Å². The molecule has 74 valence electrons. The Balaban J connectivity index is 2.32. The van der Waals surface area contributed by atoms with Gasteiger partial charge in [0, 0.05) is 20.1 Å². The lowest BCUT2D eigenvalue weighted by Gasteiger charge is -2.18. The van der Waals surface area contributed by atoms with Crippen molar-refractivity contribution in [1.82, 2.24) is 9.80 Å². The Morgan fingerprint density at radius 1 is 1.69 bits per heavy atom. The zero-order valence-electron chi connectivity index (χ0n) is 8.19. The number of hydrogen-bond acceptors (Lipinski definition) is 3. The van der Waals surface area contributed by atoms with Gasteiger partial charge in [0.1, 0.15) is 0 Å². The average Bonchev–Trinajstić information content (AvgIpc) is 2.49. The summed E-state index contributed by atoms with van der Waals surface area (Å²) < 4.78 is 0. The molecule has 13 heavy (non-hydrogen) atoms. The zero-order chi connectivity index (χ0) is 9.84. The minimum atomic E-state index is -0.422. The van der Waals surface area contributed by atoms with Crippen LogP contribution >= 0.6 is 0 Å². The van der Waals surface area contributed by atoms with Gasteiger partial charge < -0.3 is 9.80 Å². The Bertz CT molecular complexity index is 206. The Hall–Kier alpha value is -0.900.